The van der Waals surface area contributed by atoms with Gasteiger partial charge in [0.1, 0.15) is 49.4 Å². The third-order valence-electron chi connectivity index (χ3n) is 11.3. The lowest BCUT2D eigenvalue weighted by Gasteiger charge is -2.11. The second kappa shape index (κ2) is 36.5. The number of ether oxygens (including phenoxy) is 4. The van der Waals surface area contributed by atoms with Gasteiger partial charge in [-0.2, -0.15) is 4.98 Å². The summed E-state index contributed by atoms with van der Waals surface area (Å²) in [4.78, 5) is 31.5. The molecule has 0 radical (unpaired) electrons. The summed E-state index contributed by atoms with van der Waals surface area (Å²) in [7, 11) is -2.25. The zero-order valence-corrected chi connectivity index (χ0v) is 53.4. The minimum atomic E-state index is -3.61. The van der Waals surface area contributed by atoms with Crippen LogP contribution in [-0.2, 0) is 31.6 Å². The van der Waals surface area contributed by atoms with E-state index in [0.717, 1.165) is 28.2 Å². The Bertz CT molecular complexity index is 4090. The molecule has 33 heteroatoms. The normalized spacial score (nSPS) is 10.3. The maximum absolute atomic E-state index is 11.3. The van der Waals surface area contributed by atoms with Crippen molar-refractivity contribution >= 4 is 120 Å². The second-order valence-corrected chi connectivity index (χ2v) is 22.9. The van der Waals surface area contributed by atoms with E-state index in [1.165, 1.54) is 13.2 Å². The number of para-hydroxylation sites is 4. The number of halogens is 4. The van der Waals surface area contributed by atoms with Crippen LogP contribution in [0, 0.1) is 0 Å². The molecule has 0 fully saturated rings. The van der Waals surface area contributed by atoms with Crippen molar-refractivity contribution in [2.75, 3.05) is 62.4 Å². The van der Waals surface area contributed by atoms with E-state index in [1.54, 1.807) is 112 Å². The van der Waals surface area contributed by atoms with Crippen LogP contribution >= 0.6 is 46.4 Å². The maximum atomic E-state index is 11.3. The fraction of sp³-hybridized carbons (Fsp3) is 0.119. The fourth-order valence-electron chi connectivity index (χ4n) is 7.70. The van der Waals surface area contributed by atoms with Gasteiger partial charge in [-0.3, -0.25) is 0 Å². The maximum Gasteiger partial charge on any atom is 0.492 e. The van der Waals surface area contributed by atoms with E-state index in [9.17, 15) is 16.8 Å². The number of hydrogen-bond donors (Lipinski definition) is 10. The first-order chi connectivity index (χ1) is 43.1. The van der Waals surface area contributed by atoms with Crippen LogP contribution in [0.15, 0.2) is 170 Å². The lowest BCUT2D eigenvalue weighted by Crippen LogP contribution is -2.30. The van der Waals surface area contributed by atoms with E-state index in [-0.39, 0.29) is 53.0 Å². The number of anilines is 7. The Kier molecular flexibility index (Phi) is 29.7. The molecule has 0 amide bonds. The van der Waals surface area contributed by atoms with Gasteiger partial charge < -0.3 is 63.0 Å². The van der Waals surface area contributed by atoms with E-state index < -0.39 is 27.2 Å². The Labute approximate surface area is 552 Å². The van der Waals surface area contributed by atoms with Crippen molar-refractivity contribution in [3.8, 4) is 56.8 Å². The summed E-state index contributed by atoms with van der Waals surface area (Å²) in [5, 5.41) is 31.8. The summed E-state index contributed by atoms with van der Waals surface area (Å²) in [5.74, 6) is 3.12. The molecule has 484 valence electrons. The highest BCUT2D eigenvalue weighted by molar-refractivity contribution is 7.88. The molecule has 92 heavy (non-hydrogen) atoms. The van der Waals surface area contributed by atoms with E-state index >= 15 is 0 Å². The summed E-state index contributed by atoms with van der Waals surface area (Å²) in [6.07, 6.45) is 0. The number of aromatic nitrogens is 8. The minimum Gasteiger partial charge on any atom is -0.497 e. The Balaban J connectivity index is 0.000000245. The van der Waals surface area contributed by atoms with Crippen LogP contribution in [0.2, 0.25) is 20.6 Å². The van der Waals surface area contributed by atoms with Crippen molar-refractivity contribution < 1.29 is 45.8 Å². The van der Waals surface area contributed by atoms with E-state index in [2.05, 4.69) is 45.2 Å². The molecule has 0 aliphatic rings. The molecule has 4 heterocycles. The predicted molar refractivity (Wildman–Crippen MR) is 366 cm³/mol. The van der Waals surface area contributed by atoms with E-state index in [1.807, 2.05) is 72.8 Å². The highest BCUT2D eigenvalue weighted by Gasteiger charge is 2.16. The average molecular weight is 1380 g/mol. The molecule has 6 aromatic carbocycles. The van der Waals surface area contributed by atoms with Crippen molar-refractivity contribution in [2.45, 2.75) is 18.9 Å². The van der Waals surface area contributed by atoms with Crippen LogP contribution < -0.4 is 68.7 Å². The topological polar surface area (TPSA) is 443 Å². The first-order valence-corrected chi connectivity index (χ1v) is 30.9. The summed E-state index contributed by atoms with van der Waals surface area (Å²) < 4.78 is 64.6. The van der Waals surface area contributed by atoms with Gasteiger partial charge in [0.2, 0.25) is 43.8 Å². The minimum absolute atomic E-state index is 0. The number of nitrogen functional groups attached to an aromatic ring is 5. The van der Waals surface area contributed by atoms with Crippen molar-refractivity contribution in [1.82, 2.24) is 39.9 Å². The van der Waals surface area contributed by atoms with Crippen molar-refractivity contribution in [1.29, 1.82) is 0 Å². The number of methoxy groups -OCH3 is 4. The molecule has 0 spiro atoms. The van der Waals surface area contributed by atoms with Crippen molar-refractivity contribution in [3.63, 3.8) is 0 Å². The first kappa shape index (κ1) is 75.1. The molecule has 10 aromatic rings. The van der Waals surface area contributed by atoms with Gasteiger partial charge >= 0.3 is 7.12 Å². The van der Waals surface area contributed by atoms with Crippen LogP contribution in [0.25, 0.3) is 33.8 Å². The smallest absolute Gasteiger partial charge is 0.492 e. The molecule has 0 bridgehead atoms. The Morgan fingerprint density at radius 3 is 1.14 bits per heavy atom. The zero-order valence-electron chi connectivity index (χ0n) is 48.8. The van der Waals surface area contributed by atoms with Gasteiger partial charge in [-0.1, -0.05) is 133 Å². The Hall–Kier alpha value is -9.40. The summed E-state index contributed by atoms with van der Waals surface area (Å²) in [6, 6.07) is 49.2. The van der Waals surface area contributed by atoms with Crippen LogP contribution in [0.1, 0.15) is 18.6 Å². The lowest BCUT2D eigenvalue weighted by atomic mass is 9.80. The van der Waals surface area contributed by atoms with Crippen LogP contribution in [0.5, 0.6) is 23.0 Å². The summed E-state index contributed by atoms with van der Waals surface area (Å²) >= 11 is 22.5. The van der Waals surface area contributed by atoms with Gasteiger partial charge in [-0.25, -0.2) is 62.0 Å². The van der Waals surface area contributed by atoms with Gasteiger partial charge in [0.05, 0.1) is 57.0 Å². The van der Waals surface area contributed by atoms with Gasteiger partial charge in [0, 0.05) is 57.8 Å². The number of benzene rings is 6. The number of nitrogens with one attached hydrogen (secondary N) is 1. The lowest BCUT2D eigenvalue weighted by molar-refractivity contribution is 0.403. The first-order valence-electron chi connectivity index (χ1n) is 26.0. The average Bonchev–Trinajstić information content (AvgIpc) is 0.896. The summed E-state index contributed by atoms with van der Waals surface area (Å²) in [6.45, 7) is 0. The Morgan fingerprint density at radius 1 is 0.424 bits per heavy atom. The predicted octanol–water partition coefficient (Wildman–Crippen LogP) is 8.48. The quantitative estimate of drug-likeness (QED) is 0.0277. The van der Waals surface area contributed by atoms with Gasteiger partial charge in [0.15, 0.2) is 0 Å². The molecular weight excluding hydrogens is 1310 g/mol. The third-order valence-corrected chi connectivity index (χ3v) is 13.5. The fourth-order valence-corrected chi connectivity index (χ4v) is 9.81. The van der Waals surface area contributed by atoms with E-state index in [0.29, 0.717) is 72.7 Å². The highest BCUT2D eigenvalue weighted by Crippen LogP contribution is 2.33. The molecule has 0 saturated heterocycles. The van der Waals surface area contributed by atoms with E-state index in [4.69, 9.17) is 114 Å². The van der Waals surface area contributed by atoms with Gasteiger partial charge in [0.25, 0.3) is 0 Å². The molecule has 4 aromatic heterocycles. The number of nitrogens with zero attached hydrogens (tertiary/aromatic N) is 8. The molecule has 0 atom stereocenters. The number of nitrogens with two attached hydrogens (primary N) is 7. The molecule has 0 aliphatic carbocycles. The molecule has 0 unspecified atom stereocenters. The number of hydrogen-bond acceptors (Lipinski definition) is 24. The van der Waals surface area contributed by atoms with Crippen molar-refractivity contribution in [3.05, 3.63) is 202 Å². The zero-order chi connectivity index (χ0) is 66.8. The van der Waals surface area contributed by atoms with Crippen LogP contribution in [0.4, 0.5) is 41.0 Å². The second-order valence-electron chi connectivity index (χ2n) is 18.1. The van der Waals surface area contributed by atoms with Crippen LogP contribution in [-0.4, -0.2) is 102 Å². The standard InChI is InChI=1S/C18H19N5O3S.2C11H10ClN3O.C7H9BO3.C7H10N2O2S.C4H3Cl2N3.CH4/c1-26-16-8-3-2-7-14(16)15-10-17(23-18(19)22-15)21-13-6-4-5-12(9-13)11-27(20,24)25;2*1-16-9-5-3-2-4-7(9)8-6-10(12)15-11(13)14-8;1-11-7-5-3-2-4-6(7)8(9)10;8-7-3-1-2-6(4-7)5-12(9,10)11;5-2-1-3(6)9-4(7)8-2;/h2-10H,11H2,1H3,(H2,20,24,25)(H3,19,21,22,23);2*2-6H,1H3,(H2,13,14,15);2-5,9-10H,1H3;1-4H,5,8H2,(H2,9,10,11);1H,(H2,7,8,9);1H4. The Morgan fingerprint density at radius 2 is 0.772 bits per heavy atom. The molecule has 0 aliphatic heterocycles. The third kappa shape index (κ3) is 25.8. The van der Waals surface area contributed by atoms with Gasteiger partial charge in [-0.15, -0.1) is 0 Å². The largest absolute Gasteiger partial charge is 0.497 e. The molecule has 10 rings (SSSR count). The molecule has 17 N–H and O–H groups in total. The monoisotopic (exact) mass is 1370 g/mol. The highest BCUT2D eigenvalue weighted by atomic mass is 35.5. The van der Waals surface area contributed by atoms with Crippen LogP contribution in [0.3, 0.4) is 0 Å². The number of rotatable bonds is 14. The van der Waals surface area contributed by atoms with Crippen molar-refractivity contribution in [2.24, 2.45) is 10.3 Å². The SMILES string of the molecule is C.COc1ccccc1-c1cc(Cl)nc(N)n1.COc1ccccc1-c1cc(Cl)nc(N)n1.COc1ccccc1-c1cc(Nc2cccc(CS(N)(=O)=O)c2)nc(N)n1.COc1ccccc1B(O)O.Nc1cccc(CS(N)(=O)=O)c1.Nc1nc(Cl)cc(Cl)n1. The summed E-state index contributed by atoms with van der Waals surface area (Å²) in [5.41, 5.74) is 34.6. The molecular formula is C59H65BCl4N16O10S2. The van der Waals surface area contributed by atoms with Gasteiger partial charge in [-0.05, 0) is 77.9 Å². The molecule has 26 nitrogen and oxygen atoms in total. The number of primary sulfonamides is 2. The molecule has 0 saturated carbocycles. The number of sulfonamides is 2.